The third kappa shape index (κ3) is 1.84. The Hall–Kier alpha value is -0.780. The van der Waals surface area contributed by atoms with Crippen LogP contribution in [-0.2, 0) is 5.41 Å². The number of rotatable bonds is 0. The average Bonchev–Trinajstić information content (AvgIpc) is 1.97. The highest BCUT2D eigenvalue weighted by molar-refractivity contribution is 5.46. The maximum atomic E-state index is 2.31. The molecule has 0 atom stereocenters. The normalized spacial score (nSPS) is 11.9. The van der Waals surface area contributed by atoms with Crippen LogP contribution >= 0.6 is 0 Å². The molecule has 1 aromatic rings. The fourth-order valence-electron chi connectivity index (χ4n) is 2.44. The zero-order chi connectivity index (χ0) is 11.1. The predicted molar refractivity (Wildman–Crippen MR) is 64.1 cm³/mol. The molecule has 1 aromatic carbocycles. The lowest BCUT2D eigenvalue weighted by Crippen LogP contribution is -2.16. The van der Waals surface area contributed by atoms with Crippen LogP contribution in [0.5, 0.6) is 0 Å². The molecular weight excluding hydrogens is 168 g/mol. The third-order valence-corrected chi connectivity index (χ3v) is 3.11. The standard InChI is InChI=1S/C14H22/c1-9-8-10(2)13(14(5,6)7)12(4)11(9)3/h8H,1-7H3. The molecule has 0 aromatic heterocycles. The highest BCUT2D eigenvalue weighted by Crippen LogP contribution is 2.31. The highest BCUT2D eigenvalue weighted by Gasteiger charge is 2.20. The van der Waals surface area contributed by atoms with Gasteiger partial charge in [0.25, 0.3) is 0 Å². The van der Waals surface area contributed by atoms with Crippen molar-refractivity contribution < 1.29 is 0 Å². The second-order valence-corrected chi connectivity index (χ2v) is 5.39. The van der Waals surface area contributed by atoms with E-state index in [-0.39, 0.29) is 5.41 Å². The van der Waals surface area contributed by atoms with Crippen LogP contribution in [0.4, 0.5) is 0 Å². The van der Waals surface area contributed by atoms with Crippen LogP contribution in [0.25, 0.3) is 0 Å². The summed E-state index contributed by atoms with van der Waals surface area (Å²) in [4.78, 5) is 0. The van der Waals surface area contributed by atoms with Gasteiger partial charge in [-0.1, -0.05) is 26.8 Å². The molecule has 0 unspecified atom stereocenters. The molecule has 0 heteroatoms. The Morgan fingerprint density at radius 1 is 0.786 bits per heavy atom. The molecule has 14 heavy (non-hydrogen) atoms. The number of aryl methyl sites for hydroxylation is 2. The first-order chi connectivity index (χ1) is 6.25. The quantitative estimate of drug-likeness (QED) is 0.574. The Balaban J connectivity index is 3.53. The summed E-state index contributed by atoms with van der Waals surface area (Å²) in [5.74, 6) is 0. The summed E-state index contributed by atoms with van der Waals surface area (Å²) >= 11 is 0. The molecule has 0 fully saturated rings. The van der Waals surface area contributed by atoms with Crippen molar-refractivity contribution in [3.05, 3.63) is 33.9 Å². The first kappa shape index (κ1) is 11.3. The van der Waals surface area contributed by atoms with Crippen molar-refractivity contribution in [2.45, 2.75) is 53.9 Å². The first-order valence-corrected chi connectivity index (χ1v) is 5.33. The van der Waals surface area contributed by atoms with Gasteiger partial charge < -0.3 is 0 Å². The van der Waals surface area contributed by atoms with Crippen molar-refractivity contribution in [3.63, 3.8) is 0 Å². The van der Waals surface area contributed by atoms with Crippen LogP contribution in [0.3, 0.4) is 0 Å². The lowest BCUT2D eigenvalue weighted by atomic mass is 9.79. The highest BCUT2D eigenvalue weighted by atomic mass is 14.2. The van der Waals surface area contributed by atoms with Crippen molar-refractivity contribution in [2.75, 3.05) is 0 Å². The van der Waals surface area contributed by atoms with Gasteiger partial charge in [0, 0.05) is 0 Å². The monoisotopic (exact) mass is 190 g/mol. The summed E-state index contributed by atoms with van der Waals surface area (Å²) in [5, 5.41) is 0. The van der Waals surface area contributed by atoms with E-state index in [1.807, 2.05) is 0 Å². The van der Waals surface area contributed by atoms with E-state index in [1.54, 1.807) is 0 Å². The molecule has 0 aliphatic carbocycles. The van der Waals surface area contributed by atoms with Crippen LogP contribution in [0.1, 0.15) is 48.6 Å². The predicted octanol–water partition coefficient (Wildman–Crippen LogP) is 4.22. The van der Waals surface area contributed by atoms with Gasteiger partial charge in [0.05, 0.1) is 0 Å². The van der Waals surface area contributed by atoms with E-state index >= 15 is 0 Å². The van der Waals surface area contributed by atoms with Crippen molar-refractivity contribution in [2.24, 2.45) is 0 Å². The second-order valence-electron chi connectivity index (χ2n) is 5.39. The lowest BCUT2D eigenvalue weighted by Gasteiger charge is -2.26. The van der Waals surface area contributed by atoms with Gasteiger partial charge in [-0.3, -0.25) is 0 Å². The van der Waals surface area contributed by atoms with Crippen molar-refractivity contribution >= 4 is 0 Å². The minimum atomic E-state index is 0.257. The fraction of sp³-hybridized carbons (Fsp3) is 0.571. The third-order valence-electron chi connectivity index (χ3n) is 3.11. The minimum absolute atomic E-state index is 0.257. The molecule has 0 saturated heterocycles. The zero-order valence-electron chi connectivity index (χ0n) is 10.6. The van der Waals surface area contributed by atoms with E-state index < -0.39 is 0 Å². The van der Waals surface area contributed by atoms with Gasteiger partial charge in [0.15, 0.2) is 0 Å². The summed E-state index contributed by atoms with van der Waals surface area (Å²) in [6.07, 6.45) is 0. The van der Waals surface area contributed by atoms with Crippen molar-refractivity contribution in [1.29, 1.82) is 0 Å². The van der Waals surface area contributed by atoms with E-state index in [9.17, 15) is 0 Å². The molecule has 0 aliphatic rings. The molecule has 0 saturated carbocycles. The molecule has 0 heterocycles. The lowest BCUT2D eigenvalue weighted by molar-refractivity contribution is 0.581. The maximum absolute atomic E-state index is 2.31. The van der Waals surface area contributed by atoms with Gasteiger partial charge in [0.1, 0.15) is 0 Å². The molecule has 0 N–H and O–H groups in total. The van der Waals surface area contributed by atoms with Crippen LogP contribution in [0.15, 0.2) is 6.07 Å². The molecule has 0 spiro atoms. The van der Waals surface area contributed by atoms with Gasteiger partial charge in [0.2, 0.25) is 0 Å². The summed E-state index contributed by atoms with van der Waals surface area (Å²) < 4.78 is 0. The molecule has 0 bridgehead atoms. The summed E-state index contributed by atoms with van der Waals surface area (Å²) in [6.45, 7) is 15.8. The molecule has 0 amide bonds. The van der Waals surface area contributed by atoms with Crippen molar-refractivity contribution in [1.82, 2.24) is 0 Å². The van der Waals surface area contributed by atoms with Crippen LogP contribution < -0.4 is 0 Å². The van der Waals surface area contributed by atoms with Crippen LogP contribution in [0.2, 0.25) is 0 Å². The zero-order valence-corrected chi connectivity index (χ0v) is 10.6. The van der Waals surface area contributed by atoms with Gasteiger partial charge >= 0.3 is 0 Å². The Morgan fingerprint density at radius 3 is 1.71 bits per heavy atom. The molecule has 0 aliphatic heterocycles. The van der Waals surface area contributed by atoms with E-state index in [1.165, 1.54) is 27.8 Å². The van der Waals surface area contributed by atoms with E-state index in [0.717, 1.165) is 0 Å². The average molecular weight is 190 g/mol. The SMILES string of the molecule is Cc1cc(C)c(C(C)(C)C)c(C)c1C. The number of hydrogen-bond acceptors (Lipinski definition) is 0. The Morgan fingerprint density at radius 2 is 1.29 bits per heavy atom. The van der Waals surface area contributed by atoms with Gasteiger partial charge in [-0.05, 0) is 60.9 Å². The van der Waals surface area contributed by atoms with Gasteiger partial charge in [-0.25, -0.2) is 0 Å². The Labute approximate surface area is 88.4 Å². The molecular formula is C14H22. The van der Waals surface area contributed by atoms with E-state index in [2.05, 4.69) is 54.5 Å². The number of benzene rings is 1. The smallest absolute Gasteiger partial charge is 0.0127 e. The fourth-order valence-corrected chi connectivity index (χ4v) is 2.44. The van der Waals surface area contributed by atoms with E-state index in [0.29, 0.717) is 0 Å². The summed E-state index contributed by atoms with van der Waals surface area (Å²) in [7, 11) is 0. The Kier molecular flexibility index (Phi) is 2.76. The van der Waals surface area contributed by atoms with Gasteiger partial charge in [-0.2, -0.15) is 0 Å². The molecule has 0 nitrogen and oxygen atoms in total. The Bertz CT molecular complexity index is 351. The largest absolute Gasteiger partial charge is 0.0561 e. The minimum Gasteiger partial charge on any atom is -0.0561 e. The maximum Gasteiger partial charge on any atom is -0.0127 e. The summed E-state index contributed by atoms with van der Waals surface area (Å²) in [6, 6.07) is 2.31. The summed E-state index contributed by atoms with van der Waals surface area (Å²) in [5.41, 5.74) is 7.52. The number of hydrogen-bond donors (Lipinski definition) is 0. The van der Waals surface area contributed by atoms with Crippen LogP contribution in [-0.4, -0.2) is 0 Å². The van der Waals surface area contributed by atoms with Crippen LogP contribution in [0, 0.1) is 27.7 Å². The topological polar surface area (TPSA) is 0 Å². The molecule has 1 rings (SSSR count). The van der Waals surface area contributed by atoms with Crippen molar-refractivity contribution in [3.8, 4) is 0 Å². The first-order valence-electron chi connectivity index (χ1n) is 5.33. The van der Waals surface area contributed by atoms with Gasteiger partial charge in [-0.15, -0.1) is 0 Å². The van der Waals surface area contributed by atoms with E-state index in [4.69, 9.17) is 0 Å². The second kappa shape index (κ2) is 3.42. The molecule has 78 valence electrons. The molecule has 0 radical (unpaired) electrons.